The fourth-order valence-corrected chi connectivity index (χ4v) is 0.834. The van der Waals surface area contributed by atoms with Crippen molar-refractivity contribution in [1.82, 2.24) is 5.32 Å². The number of nitrogens with two attached hydrogens (primary N) is 3. The maximum atomic E-state index is 11.2. The summed E-state index contributed by atoms with van der Waals surface area (Å²) in [5.74, 6) is -1.63. The zero-order valence-electron chi connectivity index (χ0n) is 8.77. The smallest absolute Gasteiger partial charge is 0.243 e. The summed E-state index contributed by atoms with van der Waals surface area (Å²) < 4.78 is 4.69. The van der Waals surface area contributed by atoms with Gasteiger partial charge in [-0.2, -0.15) is 0 Å². The van der Waals surface area contributed by atoms with Gasteiger partial charge in [0.25, 0.3) is 0 Å². The van der Waals surface area contributed by atoms with Crippen LogP contribution in [-0.2, 0) is 19.1 Å². The van der Waals surface area contributed by atoms with Crippen molar-refractivity contribution < 1.29 is 19.1 Å². The van der Waals surface area contributed by atoms with Crippen molar-refractivity contribution in [3.63, 3.8) is 0 Å². The molecule has 0 spiro atoms. The number of primary amides is 2. The van der Waals surface area contributed by atoms with Gasteiger partial charge in [0.2, 0.25) is 17.7 Å². The van der Waals surface area contributed by atoms with E-state index in [2.05, 4.69) is 10.1 Å². The Kier molecular flexibility index (Phi) is 6.81. The Hall–Kier alpha value is -1.67. The van der Waals surface area contributed by atoms with E-state index in [-0.39, 0.29) is 26.2 Å². The molecular formula is C8H16N4O4. The lowest BCUT2D eigenvalue weighted by molar-refractivity contribution is -0.128. The first-order valence-corrected chi connectivity index (χ1v) is 4.61. The maximum Gasteiger partial charge on any atom is 0.243 e. The molecule has 0 aliphatic heterocycles. The van der Waals surface area contributed by atoms with Crippen LogP contribution in [0.3, 0.4) is 0 Å². The molecule has 0 bridgehead atoms. The number of hydrogen-bond acceptors (Lipinski definition) is 5. The number of nitrogens with one attached hydrogen (secondary N) is 1. The van der Waals surface area contributed by atoms with Gasteiger partial charge in [0.1, 0.15) is 13.3 Å². The lowest BCUT2D eigenvalue weighted by Gasteiger charge is -2.10. The van der Waals surface area contributed by atoms with Crippen molar-refractivity contribution in [2.45, 2.75) is 18.9 Å². The first-order valence-electron chi connectivity index (χ1n) is 4.61. The van der Waals surface area contributed by atoms with Gasteiger partial charge in [-0.25, -0.2) is 0 Å². The second kappa shape index (κ2) is 7.60. The molecule has 0 saturated heterocycles. The van der Waals surface area contributed by atoms with E-state index >= 15 is 0 Å². The quantitative estimate of drug-likeness (QED) is 0.262. The number of amides is 3. The summed E-state index contributed by atoms with van der Waals surface area (Å²) in [6, 6.07) is -0.829. The van der Waals surface area contributed by atoms with Crippen molar-refractivity contribution in [1.29, 1.82) is 0 Å². The van der Waals surface area contributed by atoms with E-state index in [4.69, 9.17) is 17.2 Å². The van der Waals surface area contributed by atoms with Crippen LogP contribution < -0.4 is 22.5 Å². The van der Waals surface area contributed by atoms with Crippen LogP contribution in [0.5, 0.6) is 0 Å². The first-order chi connectivity index (χ1) is 7.43. The molecule has 0 heterocycles. The Balaban J connectivity index is 3.62. The van der Waals surface area contributed by atoms with Gasteiger partial charge in [-0.1, -0.05) is 0 Å². The van der Waals surface area contributed by atoms with Crippen molar-refractivity contribution in [3.8, 4) is 0 Å². The first kappa shape index (κ1) is 14.3. The number of carbonyl (C=O) groups excluding carboxylic acids is 3. The van der Waals surface area contributed by atoms with E-state index in [1.807, 2.05) is 0 Å². The molecule has 1 unspecified atom stereocenters. The van der Waals surface area contributed by atoms with Crippen LogP contribution in [0.2, 0.25) is 0 Å². The summed E-state index contributed by atoms with van der Waals surface area (Å²) in [6.07, 6.45) is 0.202. The van der Waals surface area contributed by atoms with Crippen LogP contribution in [0.1, 0.15) is 12.8 Å². The highest BCUT2D eigenvalue weighted by Crippen LogP contribution is 1.93. The molecule has 7 N–H and O–H groups in total. The topological polar surface area (TPSA) is 151 Å². The van der Waals surface area contributed by atoms with Crippen molar-refractivity contribution in [2.75, 3.05) is 13.3 Å². The fourth-order valence-electron chi connectivity index (χ4n) is 0.834. The highest BCUT2D eigenvalue weighted by atomic mass is 16.5. The summed E-state index contributed by atoms with van der Waals surface area (Å²) in [4.78, 5) is 31.9. The van der Waals surface area contributed by atoms with Gasteiger partial charge in [-0.3, -0.25) is 14.4 Å². The van der Waals surface area contributed by atoms with Gasteiger partial charge in [-0.05, 0) is 6.42 Å². The Labute approximate surface area is 92.5 Å². The third kappa shape index (κ3) is 7.71. The summed E-state index contributed by atoms with van der Waals surface area (Å²) in [5, 5.41) is 2.32. The van der Waals surface area contributed by atoms with E-state index in [0.717, 1.165) is 0 Å². The maximum absolute atomic E-state index is 11.2. The molecule has 3 amide bonds. The standard InChI is InChI=1S/C8H16N4O4/c9-5(1-2-6(10)13)8(15)12-4-16-3-7(11)14/h5H,1-4,9H2,(H2,10,13)(H2,11,14)(H,12,15). The van der Waals surface area contributed by atoms with Crippen molar-refractivity contribution in [2.24, 2.45) is 17.2 Å². The normalized spacial score (nSPS) is 11.8. The number of carbonyl (C=O) groups is 3. The molecule has 0 aliphatic rings. The fraction of sp³-hybridized carbons (Fsp3) is 0.625. The van der Waals surface area contributed by atoms with Gasteiger partial charge in [0.15, 0.2) is 0 Å². The van der Waals surface area contributed by atoms with Crippen LogP contribution in [0.15, 0.2) is 0 Å². The lowest BCUT2D eigenvalue weighted by atomic mass is 10.1. The average molecular weight is 232 g/mol. The van der Waals surface area contributed by atoms with Gasteiger partial charge in [0.05, 0.1) is 6.04 Å². The zero-order chi connectivity index (χ0) is 12.6. The third-order valence-electron chi connectivity index (χ3n) is 1.63. The van der Waals surface area contributed by atoms with E-state index in [1.165, 1.54) is 0 Å². The molecule has 0 rings (SSSR count). The van der Waals surface area contributed by atoms with Crippen LogP contribution in [0.4, 0.5) is 0 Å². The van der Waals surface area contributed by atoms with E-state index in [9.17, 15) is 14.4 Å². The van der Waals surface area contributed by atoms with Crippen LogP contribution in [0.25, 0.3) is 0 Å². The number of rotatable bonds is 8. The minimum atomic E-state index is -0.829. The molecule has 0 aliphatic carbocycles. The SMILES string of the molecule is NC(=O)CCC(N)C(=O)NCOCC(N)=O. The predicted molar refractivity (Wildman–Crippen MR) is 54.6 cm³/mol. The third-order valence-corrected chi connectivity index (χ3v) is 1.63. The van der Waals surface area contributed by atoms with Gasteiger partial charge < -0.3 is 27.3 Å². The molecule has 16 heavy (non-hydrogen) atoms. The zero-order valence-corrected chi connectivity index (χ0v) is 8.77. The minimum absolute atomic E-state index is 0.0384. The Bertz CT molecular complexity index is 269. The van der Waals surface area contributed by atoms with Gasteiger partial charge >= 0.3 is 0 Å². The Morgan fingerprint density at radius 3 is 2.31 bits per heavy atom. The highest BCUT2D eigenvalue weighted by Gasteiger charge is 2.13. The molecular weight excluding hydrogens is 216 g/mol. The summed E-state index contributed by atoms with van der Waals surface area (Å²) in [6.45, 7) is -0.442. The number of hydrogen-bond donors (Lipinski definition) is 4. The lowest BCUT2D eigenvalue weighted by Crippen LogP contribution is -2.42. The Morgan fingerprint density at radius 1 is 1.19 bits per heavy atom. The van der Waals surface area contributed by atoms with Crippen molar-refractivity contribution in [3.05, 3.63) is 0 Å². The second-order valence-electron chi connectivity index (χ2n) is 3.11. The number of ether oxygens (including phenoxy) is 1. The summed E-state index contributed by atoms with van der Waals surface area (Å²) in [5.41, 5.74) is 15.1. The molecule has 0 radical (unpaired) electrons. The molecule has 0 fully saturated rings. The average Bonchev–Trinajstić information content (AvgIpc) is 2.20. The van der Waals surface area contributed by atoms with Crippen LogP contribution in [-0.4, -0.2) is 37.1 Å². The molecule has 92 valence electrons. The summed E-state index contributed by atoms with van der Waals surface area (Å²) in [7, 11) is 0. The van der Waals surface area contributed by atoms with E-state index < -0.39 is 23.8 Å². The molecule has 8 nitrogen and oxygen atoms in total. The molecule has 8 heteroatoms. The molecule has 0 saturated carbocycles. The second-order valence-corrected chi connectivity index (χ2v) is 3.11. The minimum Gasteiger partial charge on any atom is -0.370 e. The molecule has 0 aromatic rings. The highest BCUT2D eigenvalue weighted by molar-refractivity contribution is 5.82. The molecule has 0 aromatic carbocycles. The predicted octanol–water partition coefficient (Wildman–Crippen LogP) is -2.85. The van der Waals surface area contributed by atoms with Gasteiger partial charge in [0, 0.05) is 6.42 Å². The molecule has 1 atom stereocenters. The monoisotopic (exact) mass is 232 g/mol. The largest absolute Gasteiger partial charge is 0.370 e. The summed E-state index contributed by atoms with van der Waals surface area (Å²) >= 11 is 0. The molecule has 0 aromatic heterocycles. The van der Waals surface area contributed by atoms with Crippen molar-refractivity contribution >= 4 is 17.7 Å². The van der Waals surface area contributed by atoms with Crippen LogP contribution in [0, 0.1) is 0 Å². The van der Waals surface area contributed by atoms with E-state index in [1.54, 1.807) is 0 Å². The van der Waals surface area contributed by atoms with Gasteiger partial charge in [-0.15, -0.1) is 0 Å². The van der Waals surface area contributed by atoms with E-state index in [0.29, 0.717) is 0 Å². The van der Waals surface area contributed by atoms with Crippen LogP contribution >= 0.6 is 0 Å². The Morgan fingerprint density at radius 2 is 1.81 bits per heavy atom.